The van der Waals surface area contributed by atoms with Crippen molar-refractivity contribution in [1.82, 2.24) is 14.5 Å². The monoisotopic (exact) mass is 322 g/mol. The molecular weight excluding hydrogens is 316 g/mol. The van der Waals surface area contributed by atoms with Crippen LogP contribution < -0.4 is 5.73 Å². The number of anilines is 1. The number of halogens is 2. The molecule has 0 amide bonds. The van der Waals surface area contributed by atoms with Crippen molar-refractivity contribution in [3.05, 3.63) is 46.2 Å². The molecule has 4 nitrogen and oxygen atoms in total. The number of nitrogens with zero attached hydrogens (tertiary/aromatic N) is 3. The van der Waals surface area contributed by atoms with Gasteiger partial charge in [0.2, 0.25) is 5.95 Å². The zero-order valence-corrected chi connectivity index (χ0v) is 11.5. The summed E-state index contributed by atoms with van der Waals surface area (Å²) in [6.07, 6.45) is 3.40. The molecule has 2 aromatic heterocycles. The normalized spacial score (nSPS) is 11.0. The molecule has 3 aromatic rings. The summed E-state index contributed by atoms with van der Waals surface area (Å²) >= 11 is 9.42. The second-order valence-electron chi connectivity index (χ2n) is 3.77. The second kappa shape index (κ2) is 4.26. The maximum atomic E-state index is 5.96. The molecule has 0 atom stereocenters. The molecular formula is C12H8BrClN4. The van der Waals surface area contributed by atoms with E-state index in [2.05, 4.69) is 25.9 Å². The van der Waals surface area contributed by atoms with Gasteiger partial charge in [0.15, 0.2) is 0 Å². The minimum absolute atomic E-state index is 0.418. The quantitative estimate of drug-likeness (QED) is 0.746. The van der Waals surface area contributed by atoms with Gasteiger partial charge in [0, 0.05) is 15.7 Å². The van der Waals surface area contributed by atoms with E-state index >= 15 is 0 Å². The van der Waals surface area contributed by atoms with Crippen molar-refractivity contribution in [2.24, 2.45) is 0 Å². The number of pyridine rings is 1. The number of imidazole rings is 1. The van der Waals surface area contributed by atoms with Crippen LogP contribution in [0.1, 0.15) is 0 Å². The van der Waals surface area contributed by atoms with E-state index in [1.807, 2.05) is 28.8 Å². The van der Waals surface area contributed by atoms with Gasteiger partial charge in [0.1, 0.15) is 5.52 Å². The van der Waals surface area contributed by atoms with Gasteiger partial charge in [-0.2, -0.15) is 0 Å². The van der Waals surface area contributed by atoms with E-state index in [9.17, 15) is 0 Å². The van der Waals surface area contributed by atoms with Crippen LogP contribution in [-0.2, 0) is 0 Å². The van der Waals surface area contributed by atoms with Crippen molar-refractivity contribution in [2.75, 3.05) is 5.73 Å². The molecule has 0 saturated heterocycles. The highest BCUT2D eigenvalue weighted by Gasteiger charge is 2.12. The van der Waals surface area contributed by atoms with Crippen LogP contribution in [0.5, 0.6) is 0 Å². The largest absolute Gasteiger partial charge is 0.369 e. The van der Waals surface area contributed by atoms with Crippen molar-refractivity contribution in [3.8, 4) is 5.69 Å². The smallest absolute Gasteiger partial charge is 0.206 e. The Morgan fingerprint density at radius 2 is 2.11 bits per heavy atom. The van der Waals surface area contributed by atoms with Gasteiger partial charge in [-0.15, -0.1) is 0 Å². The molecule has 90 valence electrons. The zero-order valence-electron chi connectivity index (χ0n) is 9.14. The van der Waals surface area contributed by atoms with Crippen LogP contribution in [-0.4, -0.2) is 14.5 Å². The molecule has 0 unspecified atom stereocenters. The number of hydrogen-bond donors (Lipinski definition) is 1. The van der Waals surface area contributed by atoms with Crippen molar-refractivity contribution >= 4 is 44.5 Å². The summed E-state index contributed by atoms with van der Waals surface area (Å²) in [5.41, 5.74) is 8.53. The van der Waals surface area contributed by atoms with Gasteiger partial charge in [-0.25, -0.2) is 4.98 Å². The maximum Gasteiger partial charge on any atom is 0.206 e. The maximum absolute atomic E-state index is 5.96. The predicted octanol–water partition coefficient (Wildman–Crippen LogP) is 3.42. The van der Waals surface area contributed by atoms with E-state index < -0.39 is 0 Å². The van der Waals surface area contributed by atoms with Crippen LogP contribution in [0.15, 0.2) is 41.1 Å². The first-order valence-corrected chi connectivity index (χ1v) is 6.37. The first-order chi connectivity index (χ1) is 8.66. The average molecular weight is 324 g/mol. The third kappa shape index (κ3) is 1.76. The lowest BCUT2D eigenvalue weighted by atomic mass is 10.3. The molecule has 0 fully saturated rings. The Bertz CT molecular complexity index is 738. The predicted molar refractivity (Wildman–Crippen MR) is 76.0 cm³/mol. The van der Waals surface area contributed by atoms with E-state index in [1.54, 1.807) is 12.4 Å². The molecule has 0 radical (unpaired) electrons. The summed E-state index contributed by atoms with van der Waals surface area (Å²) in [6, 6.07) is 7.40. The van der Waals surface area contributed by atoms with Crippen LogP contribution in [0.2, 0.25) is 5.02 Å². The highest BCUT2D eigenvalue weighted by molar-refractivity contribution is 9.10. The van der Waals surface area contributed by atoms with Crippen LogP contribution in [0.3, 0.4) is 0 Å². The summed E-state index contributed by atoms with van der Waals surface area (Å²) < 4.78 is 2.72. The summed E-state index contributed by atoms with van der Waals surface area (Å²) in [7, 11) is 0. The zero-order chi connectivity index (χ0) is 12.7. The molecule has 2 N–H and O–H groups in total. The molecule has 0 aliphatic carbocycles. The second-order valence-corrected chi connectivity index (χ2v) is 5.06. The van der Waals surface area contributed by atoms with E-state index in [4.69, 9.17) is 17.3 Å². The molecule has 0 aliphatic heterocycles. The molecule has 0 bridgehead atoms. The Kier molecular flexibility index (Phi) is 2.72. The summed E-state index contributed by atoms with van der Waals surface area (Å²) in [5.74, 6) is 0.418. The first-order valence-electron chi connectivity index (χ1n) is 5.20. The molecule has 3 rings (SSSR count). The minimum Gasteiger partial charge on any atom is -0.369 e. The Hall–Kier alpha value is -1.59. The third-order valence-electron chi connectivity index (χ3n) is 2.63. The van der Waals surface area contributed by atoms with Crippen molar-refractivity contribution in [1.29, 1.82) is 0 Å². The van der Waals surface area contributed by atoms with Crippen LogP contribution in [0, 0.1) is 0 Å². The van der Waals surface area contributed by atoms with E-state index in [1.165, 1.54) is 0 Å². The SMILES string of the molecule is Nc1nc2cnccc2n1-c1ccc(Cl)cc1Br. The Balaban J connectivity index is 2.34. The molecule has 6 heteroatoms. The fraction of sp³-hybridized carbons (Fsp3) is 0. The Morgan fingerprint density at radius 3 is 2.89 bits per heavy atom. The van der Waals surface area contributed by atoms with E-state index in [0.29, 0.717) is 11.0 Å². The minimum atomic E-state index is 0.418. The van der Waals surface area contributed by atoms with Crippen molar-refractivity contribution < 1.29 is 0 Å². The number of nitrogens with two attached hydrogens (primary N) is 1. The molecule has 18 heavy (non-hydrogen) atoms. The molecule has 0 spiro atoms. The molecule has 1 aromatic carbocycles. The van der Waals surface area contributed by atoms with Gasteiger partial charge in [0.05, 0.1) is 17.4 Å². The number of rotatable bonds is 1. The Labute approximate surface area is 117 Å². The number of aromatic nitrogens is 3. The van der Waals surface area contributed by atoms with Crippen molar-refractivity contribution in [2.45, 2.75) is 0 Å². The van der Waals surface area contributed by atoms with Crippen LogP contribution in [0.4, 0.5) is 5.95 Å². The van der Waals surface area contributed by atoms with Gasteiger partial charge in [-0.05, 0) is 40.2 Å². The molecule has 0 aliphatic rings. The Morgan fingerprint density at radius 1 is 1.28 bits per heavy atom. The number of benzene rings is 1. The topological polar surface area (TPSA) is 56.7 Å². The summed E-state index contributed by atoms with van der Waals surface area (Å²) in [5, 5.41) is 0.662. The lowest BCUT2D eigenvalue weighted by Crippen LogP contribution is -2.01. The average Bonchev–Trinajstić information content (AvgIpc) is 2.66. The number of nitrogen functional groups attached to an aromatic ring is 1. The van der Waals surface area contributed by atoms with Gasteiger partial charge in [0.25, 0.3) is 0 Å². The lowest BCUT2D eigenvalue weighted by Gasteiger charge is -2.09. The van der Waals surface area contributed by atoms with Gasteiger partial charge in [-0.3, -0.25) is 9.55 Å². The van der Waals surface area contributed by atoms with Crippen LogP contribution in [0.25, 0.3) is 16.7 Å². The van der Waals surface area contributed by atoms with Gasteiger partial charge < -0.3 is 5.73 Å². The summed E-state index contributed by atoms with van der Waals surface area (Å²) in [6.45, 7) is 0. The van der Waals surface area contributed by atoms with E-state index in [-0.39, 0.29) is 0 Å². The number of hydrogen-bond acceptors (Lipinski definition) is 3. The van der Waals surface area contributed by atoms with Gasteiger partial charge in [-0.1, -0.05) is 11.6 Å². The highest BCUT2D eigenvalue weighted by atomic mass is 79.9. The fourth-order valence-corrected chi connectivity index (χ4v) is 2.73. The number of fused-ring (bicyclic) bond motifs is 1. The lowest BCUT2D eigenvalue weighted by molar-refractivity contribution is 1.10. The van der Waals surface area contributed by atoms with Crippen LogP contribution >= 0.6 is 27.5 Å². The molecule has 0 saturated carbocycles. The molecule has 2 heterocycles. The summed E-state index contributed by atoms with van der Waals surface area (Å²) in [4.78, 5) is 8.31. The fourth-order valence-electron chi connectivity index (χ4n) is 1.87. The first kappa shape index (κ1) is 11.5. The van der Waals surface area contributed by atoms with Gasteiger partial charge >= 0.3 is 0 Å². The highest BCUT2D eigenvalue weighted by Crippen LogP contribution is 2.29. The van der Waals surface area contributed by atoms with E-state index in [0.717, 1.165) is 21.2 Å². The third-order valence-corrected chi connectivity index (χ3v) is 3.50. The van der Waals surface area contributed by atoms with Crippen molar-refractivity contribution in [3.63, 3.8) is 0 Å². The standard InChI is InChI=1S/C12H8BrClN4/c13-8-5-7(14)1-2-10(8)18-11-3-4-16-6-9(11)17-12(18)15/h1-6H,(H2,15,17).